The summed E-state index contributed by atoms with van der Waals surface area (Å²) in [5.74, 6) is 0. The lowest BCUT2D eigenvalue weighted by Gasteiger charge is -2.23. The van der Waals surface area contributed by atoms with Crippen molar-refractivity contribution >= 4 is 64.1 Å². The van der Waals surface area contributed by atoms with Gasteiger partial charge in [0.25, 0.3) is 0 Å². The van der Waals surface area contributed by atoms with Crippen LogP contribution in [0.25, 0.3) is 97.4 Å². The molecule has 0 N–H and O–H groups in total. The number of thiophene rings is 1. The zero-order valence-corrected chi connectivity index (χ0v) is 30.7. The molecule has 0 aliphatic heterocycles. The van der Waals surface area contributed by atoms with Crippen LogP contribution in [0, 0.1) is 0 Å². The zero-order valence-electron chi connectivity index (χ0n) is 29.9. The maximum Gasteiger partial charge on any atom is 0.0979 e. The zero-order chi connectivity index (χ0) is 35.7. The van der Waals surface area contributed by atoms with Crippen LogP contribution in [0.4, 0.5) is 0 Å². The van der Waals surface area contributed by atoms with E-state index in [0.717, 1.165) is 44.3 Å². The van der Waals surface area contributed by atoms with Crippen LogP contribution in [0.5, 0.6) is 0 Å². The van der Waals surface area contributed by atoms with Crippen molar-refractivity contribution in [2.75, 3.05) is 0 Å². The predicted octanol–water partition coefficient (Wildman–Crippen LogP) is 14.3. The van der Waals surface area contributed by atoms with Crippen molar-refractivity contribution in [3.63, 3.8) is 0 Å². The van der Waals surface area contributed by atoms with Gasteiger partial charge in [0.2, 0.25) is 0 Å². The molecule has 0 unspecified atom stereocenters. The first-order chi connectivity index (χ1) is 25.9. The molecule has 8 aromatic carbocycles. The van der Waals surface area contributed by atoms with Gasteiger partial charge in [0, 0.05) is 41.9 Å². The van der Waals surface area contributed by atoms with Crippen LogP contribution in [-0.4, -0.2) is 9.97 Å². The Hall–Kier alpha value is -6.16. The maximum atomic E-state index is 5.47. The Kier molecular flexibility index (Phi) is 7.28. The molecule has 10 rings (SSSR count). The number of benzene rings is 8. The number of aromatic nitrogens is 2. The van der Waals surface area contributed by atoms with Crippen molar-refractivity contribution in [3.8, 4) is 44.6 Å². The van der Waals surface area contributed by atoms with Crippen molar-refractivity contribution < 1.29 is 0 Å². The Morgan fingerprint density at radius 2 is 0.887 bits per heavy atom. The highest BCUT2D eigenvalue weighted by Crippen LogP contribution is 2.41. The van der Waals surface area contributed by atoms with Crippen LogP contribution in [0.15, 0.2) is 164 Å². The van der Waals surface area contributed by atoms with Gasteiger partial charge in [-0.05, 0) is 56.3 Å². The largest absolute Gasteiger partial charge is 0.248 e. The molecule has 0 amide bonds. The molecule has 2 heterocycles. The molecule has 0 aliphatic rings. The Bertz CT molecular complexity index is 3020. The first kappa shape index (κ1) is 31.6. The van der Waals surface area contributed by atoms with Crippen LogP contribution in [0.3, 0.4) is 0 Å². The van der Waals surface area contributed by atoms with Gasteiger partial charge in [0.05, 0.1) is 22.4 Å². The normalized spacial score (nSPS) is 12.1. The second kappa shape index (κ2) is 12.2. The van der Waals surface area contributed by atoms with Crippen LogP contribution in [-0.2, 0) is 5.41 Å². The summed E-state index contributed by atoms with van der Waals surface area (Å²) in [5, 5.41) is 7.35. The minimum atomic E-state index is -0.207. The third-order valence-electron chi connectivity index (χ3n) is 10.5. The molecule has 0 radical (unpaired) electrons. The summed E-state index contributed by atoms with van der Waals surface area (Å²) >= 11 is 1.88. The van der Waals surface area contributed by atoms with Crippen molar-refractivity contribution in [2.45, 2.75) is 26.2 Å². The van der Waals surface area contributed by atoms with E-state index in [1.54, 1.807) is 0 Å². The van der Waals surface area contributed by atoms with E-state index in [1.807, 2.05) is 11.3 Å². The van der Waals surface area contributed by atoms with Gasteiger partial charge < -0.3 is 0 Å². The monoisotopic (exact) mass is 696 g/mol. The molecule has 0 atom stereocenters. The number of fused-ring (bicyclic) bond motifs is 9. The number of rotatable bonds is 4. The summed E-state index contributed by atoms with van der Waals surface area (Å²) in [6.07, 6.45) is 0. The summed E-state index contributed by atoms with van der Waals surface area (Å²) in [6.45, 7) is 6.69. The lowest BCUT2D eigenvalue weighted by atomic mass is 9.87. The minimum Gasteiger partial charge on any atom is -0.248 e. The van der Waals surface area contributed by atoms with Gasteiger partial charge >= 0.3 is 0 Å². The van der Waals surface area contributed by atoms with Gasteiger partial charge in [-0.3, -0.25) is 0 Å². The van der Waals surface area contributed by atoms with Gasteiger partial charge in [-0.1, -0.05) is 172 Å². The minimum absolute atomic E-state index is 0.207. The fourth-order valence-corrected chi connectivity index (χ4v) is 9.14. The van der Waals surface area contributed by atoms with Crippen LogP contribution < -0.4 is 0 Å². The summed E-state index contributed by atoms with van der Waals surface area (Å²) in [5.41, 5.74) is 12.0. The second-order valence-electron chi connectivity index (χ2n) is 15.0. The summed E-state index contributed by atoms with van der Waals surface area (Å²) in [6, 6.07) is 59.2. The molecule has 252 valence electrons. The van der Waals surface area contributed by atoms with E-state index in [9.17, 15) is 0 Å². The van der Waals surface area contributed by atoms with Gasteiger partial charge in [-0.25, -0.2) is 9.97 Å². The van der Waals surface area contributed by atoms with E-state index in [1.165, 1.54) is 58.8 Å². The highest BCUT2D eigenvalue weighted by molar-refractivity contribution is 7.26. The van der Waals surface area contributed by atoms with Crippen molar-refractivity contribution in [1.82, 2.24) is 9.97 Å². The first-order valence-corrected chi connectivity index (χ1v) is 19.1. The summed E-state index contributed by atoms with van der Waals surface area (Å²) in [7, 11) is 0. The van der Waals surface area contributed by atoms with E-state index >= 15 is 0 Å². The SMILES string of the molecule is CC(C)(C)c1nc2c3ccccc3c3ccccc3c2nc1-c1cccc(-c2ccc(-c3ccc(-c4cccc5c4sc4ccccc45)cc3)cc2)c1. The lowest BCUT2D eigenvalue weighted by molar-refractivity contribution is 0.571. The fourth-order valence-electron chi connectivity index (χ4n) is 7.90. The van der Waals surface area contributed by atoms with Gasteiger partial charge in [-0.15, -0.1) is 11.3 Å². The van der Waals surface area contributed by atoms with Crippen LogP contribution >= 0.6 is 11.3 Å². The van der Waals surface area contributed by atoms with Crippen molar-refractivity contribution in [3.05, 3.63) is 169 Å². The van der Waals surface area contributed by atoms with E-state index in [0.29, 0.717) is 0 Å². The Labute approximate surface area is 313 Å². The predicted molar refractivity (Wildman–Crippen MR) is 228 cm³/mol. The first-order valence-electron chi connectivity index (χ1n) is 18.2. The fraction of sp³-hybridized carbons (Fsp3) is 0.0800. The molecule has 53 heavy (non-hydrogen) atoms. The Balaban J connectivity index is 1.01. The molecule has 0 bridgehead atoms. The number of hydrogen-bond acceptors (Lipinski definition) is 3. The molecule has 10 aromatic rings. The highest BCUT2D eigenvalue weighted by Gasteiger charge is 2.25. The molecule has 2 nitrogen and oxygen atoms in total. The summed E-state index contributed by atoms with van der Waals surface area (Å²) < 4.78 is 2.68. The van der Waals surface area contributed by atoms with Gasteiger partial charge in [0.15, 0.2) is 0 Å². The molecule has 0 saturated carbocycles. The van der Waals surface area contributed by atoms with Crippen LogP contribution in [0.2, 0.25) is 0 Å². The Morgan fingerprint density at radius 1 is 0.396 bits per heavy atom. The average Bonchev–Trinajstić information content (AvgIpc) is 3.59. The second-order valence-corrected chi connectivity index (χ2v) is 16.0. The third-order valence-corrected chi connectivity index (χ3v) is 11.8. The standard InChI is InChI=1S/C50H36N2S/c1-50(2,3)49-45(51-46-41-17-6-4-14-38(41)39-15-5-7-18-42(39)47(46)52-49)36-13-10-12-35(30-36)33-24-22-31(23-25-33)32-26-28-34(29-27-32)37-19-11-20-43-40-16-8-9-21-44(40)53-48(37)43/h4-30H,1-3H3. The van der Waals surface area contributed by atoms with Gasteiger partial charge in [-0.2, -0.15) is 0 Å². The molecule has 0 aliphatic carbocycles. The van der Waals surface area contributed by atoms with Crippen LogP contribution in [0.1, 0.15) is 26.5 Å². The molecular weight excluding hydrogens is 661 g/mol. The molecule has 0 saturated heterocycles. The smallest absolute Gasteiger partial charge is 0.0979 e. The quantitative estimate of drug-likeness (QED) is 0.171. The van der Waals surface area contributed by atoms with E-state index < -0.39 is 0 Å². The molecular formula is C50H36N2S. The average molecular weight is 697 g/mol. The maximum absolute atomic E-state index is 5.47. The van der Waals surface area contributed by atoms with Gasteiger partial charge in [0.1, 0.15) is 0 Å². The Morgan fingerprint density at radius 3 is 1.53 bits per heavy atom. The molecule has 2 aromatic heterocycles. The van der Waals surface area contributed by atoms with E-state index in [-0.39, 0.29) is 5.41 Å². The molecule has 0 fully saturated rings. The third kappa shape index (κ3) is 5.31. The van der Waals surface area contributed by atoms with E-state index in [4.69, 9.17) is 9.97 Å². The molecule has 0 spiro atoms. The van der Waals surface area contributed by atoms with Crippen molar-refractivity contribution in [2.24, 2.45) is 0 Å². The number of nitrogens with zero attached hydrogens (tertiary/aromatic N) is 2. The highest BCUT2D eigenvalue weighted by atomic mass is 32.1. The number of hydrogen-bond donors (Lipinski definition) is 0. The lowest BCUT2D eigenvalue weighted by Crippen LogP contribution is -2.16. The summed E-state index contributed by atoms with van der Waals surface area (Å²) in [4.78, 5) is 10.9. The topological polar surface area (TPSA) is 25.8 Å². The van der Waals surface area contributed by atoms with Crippen molar-refractivity contribution in [1.29, 1.82) is 0 Å². The molecule has 3 heteroatoms. The van der Waals surface area contributed by atoms with E-state index in [2.05, 4.69) is 185 Å².